The van der Waals surface area contributed by atoms with Crippen LogP contribution < -0.4 is 9.64 Å². The van der Waals surface area contributed by atoms with Gasteiger partial charge in [0.2, 0.25) is 11.8 Å². The second kappa shape index (κ2) is 4.79. The molecule has 4 heteroatoms. The van der Waals surface area contributed by atoms with Crippen LogP contribution in [0.25, 0.3) is 0 Å². The van der Waals surface area contributed by atoms with Gasteiger partial charge in [-0.15, -0.1) is 0 Å². The van der Waals surface area contributed by atoms with Crippen LogP contribution in [0.15, 0.2) is 6.07 Å². The molecule has 0 aliphatic heterocycles. The molecule has 78 valence electrons. The fourth-order valence-electron chi connectivity index (χ4n) is 1.28. The number of anilines is 1. The standard InChI is InChI=1S/C10H17N3O/c1-5-13(6-2)10-11-8(3)7-9(12-10)14-4/h7H,5-6H2,1-4H3. The van der Waals surface area contributed by atoms with Crippen molar-refractivity contribution in [1.29, 1.82) is 0 Å². The molecule has 1 heterocycles. The summed E-state index contributed by atoms with van der Waals surface area (Å²) in [5, 5.41) is 0. The SMILES string of the molecule is CCN(CC)c1nc(C)cc(OC)n1. The molecule has 0 aliphatic carbocycles. The Morgan fingerprint density at radius 2 is 1.93 bits per heavy atom. The maximum absolute atomic E-state index is 5.10. The van der Waals surface area contributed by atoms with E-state index in [2.05, 4.69) is 28.7 Å². The Labute approximate surface area is 84.9 Å². The molecule has 0 bridgehead atoms. The summed E-state index contributed by atoms with van der Waals surface area (Å²) in [5.41, 5.74) is 0.929. The van der Waals surface area contributed by atoms with Crippen LogP contribution in [0.3, 0.4) is 0 Å². The third kappa shape index (κ3) is 2.34. The van der Waals surface area contributed by atoms with Crippen LogP contribution >= 0.6 is 0 Å². The van der Waals surface area contributed by atoms with Crippen molar-refractivity contribution in [2.24, 2.45) is 0 Å². The maximum Gasteiger partial charge on any atom is 0.228 e. The number of hydrogen-bond acceptors (Lipinski definition) is 4. The first kappa shape index (κ1) is 10.8. The van der Waals surface area contributed by atoms with Crippen LogP contribution in [0.1, 0.15) is 19.5 Å². The van der Waals surface area contributed by atoms with Crippen molar-refractivity contribution >= 4 is 5.95 Å². The molecule has 1 aromatic rings. The fraction of sp³-hybridized carbons (Fsp3) is 0.600. The Balaban J connectivity index is 3.01. The summed E-state index contributed by atoms with van der Waals surface area (Å²) in [6, 6.07) is 1.83. The van der Waals surface area contributed by atoms with Crippen molar-refractivity contribution in [3.05, 3.63) is 11.8 Å². The van der Waals surface area contributed by atoms with Crippen LogP contribution in [0.4, 0.5) is 5.95 Å². The minimum atomic E-state index is 0.624. The summed E-state index contributed by atoms with van der Waals surface area (Å²) < 4.78 is 5.10. The number of ether oxygens (including phenoxy) is 1. The number of nitrogens with zero attached hydrogens (tertiary/aromatic N) is 3. The molecule has 0 fully saturated rings. The topological polar surface area (TPSA) is 38.2 Å². The number of aromatic nitrogens is 2. The highest BCUT2D eigenvalue weighted by atomic mass is 16.5. The van der Waals surface area contributed by atoms with Crippen LogP contribution in [0, 0.1) is 6.92 Å². The van der Waals surface area contributed by atoms with E-state index in [1.54, 1.807) is 7.11 Å². The average molecular weight is 195 g/mol. The molecule has 14 heavy (non-hydrogen) atoms. The van der Waals surface area contributed by atoms with Gasteiger partial charge in [-0.2, -0.15) is 4.98 Å². The first-order valence-electron chi connectivity index (χ1n) is 4.85. The van der Waals surface area contributed by atoms with Gasteiger partial charge in [0, 0.05) is 24.8 Å². The van der Waals surface area contributed by atoms with Gasteiger partial charge < -0.3 is 9.64 Å². The molecule has 1 aromatic heterocycles. The summed E-state index contributed by atoms with van der Waals surface area (Å²) in [5.74, 6) is 1.37. The normalized spacial score (nSPS) is 10.0. The van der Waals surface area contributed by atoms with Gasteiger partial charge in [-0.3, -0.25) is 0 Å². The predicted molar refractivity (Wildman–Crippen MR) is 56.9 cm³/mol. The van der Waals surface area contributed by atoms with E-state index >= 15 is 0 Å². The van der Waals surface area contributed by atoms with Crippen molar-refractivity contribution in [3.8, 4) is 5.88 Å². The molecule has 0 amide bonds. The quantitative estimate of drug-likeness (QED) is 0.732. The van der Waals surface area contributed by atoms with Gasteiger partial charge in [0.15, 0.2) is 0 Å². The first-order chi connectivity index (χ1) is 6.71. The van der Waals surface area contributed by atoms with Crippen molar-refractivity contribution in [3.63, 3.8) is 0 Å². The molecular weight excluding hydrogens is 178 g/mol. The second-order valence-electron chi connectivity index (χ2n) is 3.02. The number of methoxy groups -OCH3 is 1. The largest absolute Gasteiger partial charge is 0.481 e. The molecule has 0 N–H and O–H groups in total. The highest BCUT2D eigenvalue weighted by molar-refractivity contribution is 5.33. The monoisotopic (exact) mass is 195 g/mol. The van der Waals surface area contributed by atoms with E-state index in [1.165, 1.54) is 0 Å². The van der Waals surface area contributed by atoms with E-state index in [4.69, 9.17) is 4.74 Å². The van der Waals surface area contributed by atoms with Gasteiger partial charge >= 0.3 is 0 Å². The van der Waals surface area contributed by atoms with E-state index in [1.807, 2.05) is 13.0 Å². The average Bonchev–Trinajstić information content (AvgIpc) is 2.19. The van der Waals surface area contributed by atoms with Gasteiger partial charge in [0.05, 0.1) is 7.11 Å². The summed E-state index contributed by atoms with van der Waals surface area (Å²) in [6.45, 7) is 7.92. The molecule has 0 unspecified atom stereocenters. The minimum Gasteiger partial charge on any atom is -0.481 e. The molecule has 0 aliphatic rings. The van der Waals surface area contributed by atoms with Crippen LogP contribution in [-0.2, 0) is 0 Å². The molecule has 4 nitrogen and oxygen atoms in total. The van der Waals surface area contributed by atoms with Crippen LogP contribution in [0.5, 0.6) is 5.88 Å². The second-order valence-corrected chi connectivity index (χ2v) is 3.02. The highest BCUT2D eigenvalue weighted by Gasteiger charge is 2.07. The lowest BCUT2D eigenvalue weighted by Crippen LogP contribution is -2.24. The van der Waals surface area contributed by atoms with Crippen LogP contribution in [-0.4, -0.2) is 30.2 Å². The molecule has 0 atom stereocenters. The molecule has 0 saturated heterocycles. The molecule has 0 saturated carbocycles. The Hall–Kier alpha value is -1.32. The Morgan fingerprint density at radius 3 is 2.43 bits per heavy atom. The zero-order valence-corrected chi connectivity index (χ0v) is 9.24. The minimum absolute atomic E-state index is 0.624. The zero-order valence-electron chi connectivity index (χ0n) is 9.24. The molecule has 1 rings (SSSR count). The van der Waals surface area contributed by atoms with Gasteiger partial charge in [-0.25, -0.2) is 4.98 Å². The van der Waals surface area contributed by atoms with Crippen LogP contribution in [0.2, 0.25) is 0 Å². The lowest BCUT2D eigenvalue weighted by atomic mass is 10.4. The van der Waals surface area contributed by atoms with Gasteiger partial charge in [0.25, 0.3) is 0 Å². The summed E-state index contributed by atoms with van der Waals surface area (Å²) >= 11 is 0. The molecule has 0 aromatic carbocycles. The van der Waals surface area contributed by atoms with Gasteiger partial charge in [-0.05, 0) is 20.8 Å². The maximum atomic E-state index is 5.10. The molecule has 0 radical (unpaired) electrons. The zero-order chi connectivity index (χ0) is 10.6. The number of rotatable bonds is 4. The van der Waals surface area contributed by atoms with Crippen molar-refractivity contribution in [2.75, 3.05) is 25.1 Å². The number of aryl methyl sites for hydroxylation is 1. The van der Waals surface area contributed by atoms with Crippen molar-refractivity contribution in [2.45, 2.75) is 20.8 Å². The summed E-state index contributed by atoms with van der Waals surface area (Å²) in [7, 11) is 1.62. The summed E-state index contributed by atoms with van der Waals surface area (Å²) in [6.07, 6.45) is 0. The van der Waals surface area contributed by atoms with Gasteiger partial charge in [0.1, 0.15) is 0 Å². The lowest BCUT2D eigenvalue weighted by Gasteiger charge is -2.18. The first-order valence-corrected chi connectivity index (χ1v) is 4.85. The predicted octanol–water partition coefficient (Wildman–Crippen LogP) is 1.64. The molecule has 0 spiro atoms. The fourth-order valence-corrected chi connectivity index (χ4v) is 1.28. The highest BCUT2D eigenvalue weighted by Crippen LogP contribution is 2.14. The van der Waals surface area contributed by atoms with E-state index < -0.39 is 0 Å². The Kier molecular flexibility index (Phi) is 3.68. The van der Waals surface area contributed by atoms with Crippen molar-refractivity contribution in [1.82, 2.24) is 9.97 Å². The third-order valence-corrected chi connectivity index (χ3v) is 2.07. The molecular formula is C10H17N3O. The van der Waals surface area contributed by atoms with Crippen molar-refractivity contribution < 1.29 is 4.74 Å². The van der Waals surface area contributed by atoms with E-state index in [0.717, 1.165) is 24.7 Å². The summed E-state index contributed by atoms with van der Waals surface area (Å²) in [4.78, 5) is 10.7. The Bertz CT molecular complexity index is 297. The van der Waals surface area contributed by atoms with Gasteiger partial charge in [-0.1, -0.05) is 0 Å². The van der Waals surface area contributed by atoms with E-state index in [0.29, 0.717) is 5.88 Å². The Morgan fingerprint density at radius 1 is 1.29 bits per heavy atom. The third-order valence-electron chi connectivity index (χ3n) is 2.07. The number of hydrogen-bond donors (Lipinski definition) is 0. The van der Waals surface area contributed by atoms with E-state index in [9.17, 15) is 0 Å². The van der Waals surface area contributed by atoms with E-state index in [-0.39, 0.29) is 0 Å². The lowest BCUT2D eigenvalue weighted by molar-refractivity contribution is 0.396. The smallest absolute Gasteiger partial charge is 0.228 e.